The lowest BCUT2D eigenvalue weighted by atomic mass is 10.0. The number of rotatable bonds is 9. The van der Waals surface area contributed by atoms with Gasteiger partial charge in [0.25, 0.3) is 0 Å². The number of nitrogens with one attached hydrogen (secondary N) is 1. The molecule has 1 atom stereocenters. The van der Waals surface area contributed by atoms with Crippen LogP contribution in [0.1, 0.15) is 52.4 Å². The van der Waals surface area contributed by atoms with E-state index in [-0.39, 0.29) is 10.5 Å². The van der Waals surface area contributed by atoms with E-state index in [1.165, 1.54) is 6.42 Å². The minimum Gasteiger partial charge on any atom is -0.382 e. The Morgan fingerprint density at radius 2 is 1.95 bits per heavy atom. The predicted molar refractivity (Wildman–Crippen MR) is 79.2 cm³/mol. The van der Waals surface area contributed by atoms with Gasteiger partial charge in [-0.3, -0.25) is 0 Å². The van der Waals surface area contributed by atoms with Crippen LogP contribution >= 0.6 is 0 Å². The normalized spacial score (nSPS) is 19.5. The SMILES string of the molecule is CCOCCCNCC(C)S(=O)(=O)C1CCCCC1. The maximum Gasteiger partial charge on any atom is 0.156 e. The van der Waals surface area contributed by atoms with Gasteiger partial charge in [0.05, 0.1) is 10.5 Å². The molecule has 1 aliphatic carbocycles. The Hall–Kier alpha value is -0.130. The van der Waals surface area contributed by atoms with Crippen molar-refractivity contribution in [3.05, 3.63) is 0 Å². The summed E-state index contributed by atoms with van der Waals surface area (Å²) in [6.45, 7) is 6.68. The van der Waals surface area contributed by atoms with E-state index < -0.39 is 9.84 Å². The van der Waals surface area contributed by atoms with Crippen LogP contribution in [0.4, 0.5) is 0 Å². The molecule has 0 bridgehead atoms. The van der Waals surface area contributed by atoms with Crippen molar-refractivity contribution in [3.8, 4) is 0 Å². The highest BCUT2D eigenvalue weighted by atomic mass is 32.2. The van der Waals surface area contributed by atoms with Crippen molar-refractivity contribution in [2.45, 2.75) is 62.9 Å². The molecule has 0 aliphatic heterocycles. The van der Waals surface area contributed by atoms with Crippen LogP contribution in [0.15, 0.2) is 0 Å². The molecule has 0 aromatic heterocycles. The summed E-state index contributed by atoms with van der Waals surface area (Å²) in [6, 6.07) is 0. The van der Waals surface area contributed by atoms with E-state index in [2.05, 4.69) is 5.32 Å². The predicted octanol–water partition coefficient (Wildman–Crippen LogP) is 2.14. The molecule has 1 unspecified atom stereocenters. The van der Waals surface area contributed by atoms with Crippen LogP contribution in [0, 0.1) is 0 Å². The first-order valence-electron chi connectivity index (χ1n) is 7.60. The topological polar surface area (TPSA) is 55.4 Å². The van der Waals surface area contributed by atoms with Gasteiger partial charge in [-0.15, -0.1) is 0 Å². The lowest BCUT2D eigenvalue weighted by Crippen LogP contribution is -2.38. The average molecular weight is 291 g/mol. The Bertz CT molecular complexity index is 324. The molecule has 0 aromatic carbocycles. The molecule has 1 N–H and O–H groups in total. The fourth-order valence-corrected chi connectivity index (χ4v) is 4.58. The van der Waals surface area contributed by atoms with E-state index in [4.69, 9.17) is 4.74 Å². The summed E-state index contributed by atoms with van der Waals surface area (Å²) in [5.41, 5.74) is 0. The quantitative estimate of drug-likeness (QED) is 0.661. The van der Waals surface area contributed by atoms with Crippen molar-refractivity contribution in [3.63, 3.8) is 0 Å². The van der Waals surface area contributed by atoms with Crippen LogP contribution < -0.4 is 5.32 Å². The molecule has 0 amide bonds. The molecule has 0 aromatic rings. The zero-order chi connectivity index (χ0) is 14.1. The molecular formula is C14H29NO3S. The molecule has 114 valence electrons. The molecule has 0 heterocycles. The van der Waals surface area contributed by atoms with E-state index in [1.807, 2.05) is 13.8 Å². The second kappa shape index (κ2) is 8.93. The Morgan fingerprint density at radius 3 is 2.58 bits per heavy atom. The summed E-state index contributed by atoms with van der Waals surface area (Å²) in [5, 5.41) is 2.86. The Kier molecular flexibility index (Phi) is 7.95. The second-order valence-electron chi connectivity index (χ2n) is 5.41. The highest BCUT2D eigenvalue weighted by molar-refractivity contribution is 7.92. The summed E-state index contributed by atoms with van der Waals surface area (Å²) < 4.78 is 30.0. The van der Waals surface area contributed by atoms with Crippen molar-refractivity contribution in [1.82, 2.24) is 5.32 Å². The molecule has 0 spiro atoms. The summed E-state index contributed by atoms with van der Waals surface area (Å²) in [7, 11) is -2.95. The van der Waals surface area contributed by atoms with Gasteiger partial charge in [0, 0.05) is 19.8 Å². The zero-order valence-electron chi connectivity index (χ0n) is 12.4. The molecule has 1 rings (SSSR count). The van der Waals surface area contributed by atoms with Gasteiger partial charge in [-0.05, 0) is 39.7 Å². The second-order valence-corrected chi connectivity index (χ2v) is 8.06. The molecule has 0 radical (unpaired) electrons. The lowest BCUT2D eigenvalue weighted by Gasteiger charge is -2.25. The third kappa shape index (κ3) is 5.79. The lowest BCUT2D eigenvalue weighted by molar-refractivity contribution is 0.145. The van der Waals surface area contributed by atoms with Crippen molar-refractivity contribution >= 4 is 9.84 Å². The van der Waals surface area contributed by atoms with Crippen molar-refractivity contribution in [2.24, 2.45) is 0 Å². The number of sulfone groups is 1. The molecule has 1 fully saturated rings. The first-order chi connectivity index (χ1) is 9.09. The number of ether oxygens (including phenoxy) is 1. The number of hydrogen-bond donors (Lipinski definition) is 1. The smallest absolute Gasteiger partial charge is 0.156 e. The van der Waals surface area contributed by atoms with Crippen LogP contribution in [0.3, 0.4) is 0 Å². The van der Waals surface area contributed by atoms with Crippen LogP contribution in [0.2, 0.25) is 0 Å². The molecule has 0 saturated heterocycles. The van der Waals surface area contributed by atoms with E-state index in [1.54, 1.807) is 0 Å². The molecule has 5 heteroatoms. The van der Waals surface area contributed by atoms with E-state index in [0.717, 1.165) is 51.9 Å². The zero-order valence-corrected chi connectivity index (χ0v) is 13.2. The average Bonchev–Trinajstić information content (AvgIpc) is 2.43. The van der Waals surface area contributed by atoms with Crippen molar-refractivity contribution in [2.75, 3.05) is 26.3 Å². The largest absolute Gasteiger partial charge is 0.382 e. The molecular weight excluding hydrogens is 262 g/mol. The minimum atomic E-state index is -2.95. The molecule has 4 nitrogen and oxygen atoms in total. The third-order valence-corrected chi connectivity index (χ3v) is 6.54. The van der Waals surface area contributed by atoms with Gasteiger partial charge in [0.15, 0.2) is 9.84 Å². The highest BCUT2D eigenvalue weighted by Crippen LogP contribution is 2.26. The van der Waals surface area contributed by atoms with Gasteiger partial charge in [0.1, 0.15) is 0 Å². The Balaban J connectivity index is 2.25. The van der Waals surface area contributed by atoms with E-state index in [0.29, 0.717) is 6.54 Å². The molecule has 1 saturated carbocycles. The summed E-state index contributed by atoms with van der Waals surface area (Å²) in [6.07, 6.45) is 5.98. The Morgan fingerprint density at radius 1 is 1.26 bits per heavy atom. The monoisotopic (exact) mass is 291 g/mol. The van der Waals surface area contributed by atoms with Gasteiger partial charge in [0.2, 0.25) is 0 Å². The minimum absolute atomic E-state index is 0.0959. The first kappa shape index (κ1) is 16.9. The van der Waals surface area contributed by atoms with E-state index >= 15 is 0 Å². The summed E-state index contributed by atoms with van der Waals surface area (Å²) in [5.74, 6) is 0. The highest BCUT2D eigenvalue weighted by Gasteiger charge is 2.31. The maximum absolute atomic E-state index is 12.4. The van der Waals surface area contributed by atoms with Gasteiger partial charge in [-0.25, -0.2) is 8.42 Å². The maximum atomic E-state index is 12.4. The van der Waals surface area contributed by atoms with Crippen molar-refractivity contribution in [1.29, 1.82) is 0 Å². The van der Waals surface area contributed by atoms with Gasteiger partial charge >= 0.3 is 0 Å². The fraction of sp³-hybridized carbons (Fsp3) is 1.00. The molecule has 19 heavy (non-hydrogen) atoms. The van der Waals surface area contributed by atoms with Gasteiger partial charge in [-0.2, -0.15) is 0 Å². The third-order valence-electron chi connectivity index (χ3n) is 3.86. The van der Waals surface area contributed by atoms with E-state index in [9.17, 15) is 8.42 Å². The molecule has 1 aliphatic rings. The van der Waals surface area contributed by atoms with Crippen LogP contribution in [-0.2, 0) is 14.6 Å². The first-order valence-corrected chi connectivity index (χ1v) is 9.21. The fourth-order valence-electron chi connectivity index (χ4n) is 2.59. The van der Waals surface area contributed by atoms with Crippen molar-refractivity contribution < 1.29 is 13.2 Å². The summed E-state index contributed by atoms with van der Waals surface area (Å²) in [4.78, 5) is 0. The van der Waals surface area contributed by atoms with Crippen LogP contribution in [0.25, 0.3) is 0 Å². The number of hydrogen-bond acceptors (Lipinski definition) is 4. The van der Waals surface area contributed by atoms with Gasteiger partial charge in [-0.1, -0.05) is 19.3 Å². The summed E-state index contributed by atoms with van der Waals surface area (Å²) >= 11 is 0. The Labute approximate surface area is 118 Å². The van der Waals surface area contributed by atoms with Crippen LogP contribution in [-0.4, -0.2) is 45.2 Å². The van der Waals surface area contributed by atoms with Gasteiger partial charge < -0.3 is 10.1 Å². The standard InChI is InChI=1S/C14H29NO3S/c1-3-18-11-7-10-15-12-13(2)19(16,17)14-8-5-4-6-9-14/h13-15H,3-12H2,1-2H3. The van der Waals surface area contributed by atoms with Crippen LogP contribution in [0.5, 0.6) is 0 Å².